The highest BCUT2D eigenvalue weighted by Gasteiger charge is 2.33. The predicted molar refractivity (Wildman–Crippen MR) is 226 cm³/mol. The Labute approximate surface area is 319 Å². The quantitative estimate of drug-likeness (QED) is 0.271. The Hall–Kier alpha value is -1.48. The fraction of sp³-hybridized carbons (Fsp3) is 0.783. The molecule has 0 radical (unpaired) electrons. The fourth-order valence-electron chi connectivity index (χ4n) is 2.59. The molecule has 0 unspecified atom stereocenters. The summed E-state index contributed by atoms with van der Waals surface area (Å²) in [5.41, 5.74) is 4.64. The molecular formula is C46H86ClFN2. The van der Waals surface area contributed by atoms with Gasteiger partial charge in [0.15, 0.2) is 0 Å². The van der Waals surface area contributed by atoms with Crippen LogP contribution in [0.1, 0.15) is 197 Å². The molecule has 4 heteroatoms. The number of rotatable bonds is 0. The summed E-state index contributed by atoms with van der Waals surface area (Å²) < 4.78 is 12.4. The Morgan fingerprint density at radius 2 is 0.940 bits per heavy atom. The van der Waals surface area contributed by atoms with Crippen molar-refractivity contribution in [3.8, 4) is 0 Å². The Morgan fingerprint density at radius 3 is 1.08 bits per heavy atom. The summed E-state index contributed by atoms with van der Waals surface area (Å²) >= 11 is 5.70. The standard InChI is InChI=1S/C9H12ClN.C9H12FN.C8H18.C7H14.C7H16.C6H14/c2*1-9(2,3)8-5-4-7(10)6-11-8;1-7(2,3)8(4,5)6;1-7(2,3)6-4-5-6;1-6(2)7(3,4)5;1-5-6(2,3)4/h2*4-6H,1-3H3;1-6H3;6H,4-5H2,1-3H3;6H,1-5H3;5H2,1-4H3. The van der Waals surface area contributed by atoms with Crippen molar-refractivity contribution in [2.45, 2.75) is 196 Å². The van der Waals surface area contributed by atoms with Gasteiger partial charge in [0.25, 0.3) is 0 Å². The molecule has 0 N–H and O–H groups in total. The molecule has 0 saturated heterocycles. The zero-order valence-electron chi connectivity index (χ0n) is 37.9. The minimum Gasteiger partial charge on any atom is -0.259 e. The average Bonchev–Trinajstić information content (AvgIpc) is 3.74. The molecule has 0 aromatic carbocycles. The smallest absolute Gasteiger partial charge is 0.141 e. The third-order valence-corrected chi connectivity index (χ3v) is 10.1. The van der Waals surface area contributed by atoms with Gasteiger partial charge in [0.05, 0.1) is 11.2 Å². The Morgan fingerprint density at radius 1 is 0.620 bits per heavy atom. The molecular weight excluding hydrogens is 635 g/mol. The molecule has 2 aromatic heterocycles. The van der Waals surface area contributed by atoms with Crippen molar-refractivity contribution in [1.29, 1.82) is 0 Å². The van der Waals surface area contributed by atoms with Crippen LogP contribution in [-0.4, -0.2) is 9.97 Å². The van der Waals surface area contributed by atoms with E-state index in [9.17, 15) is 4.39 Å². The van der Waals surface area contributed by atoms with E-state index in [1.165, 1.54) is 31.5 Å². The number of pyridine rings is 2. The van der Waals surface area contributed by atoms with E-state index in [0.29, 0.717) is 32.1 Å². The van der Waals surface area contributed by atoms with Gasteiger partial charge in [-0.2, -0.15) is 0 Å². The average molecular weight is 722 g/mol. The van der Waals surface area contributed by atoms with Gasteiger partial charge in [-0.15, -0.1) is 0 Å². The van der Waals surface area contributed by atoms with Crippen LogP contribution in [0.25, 0.3) is 0 Å². The van der Waals surface area contributed by atoms with Crippen LogP contribution in [0.4, 0.5) is 4.39 Å². The molecule has 50 heavy (non-hydrogen) atoms. The summed E-state index contributed by atoms with van der Waals surface area (Å²) in [6.45, 7) is 53.4. The van der Waals surface area contributed by atoms with Crippen LogP contribution in [0, 0.1) is 44.7 Å². The maximum Gasteiger partial charge on any atom is 0.141 e. The summed E-state index contributed by atoms with van der Waals surface area (Å²) in [4.78, 5) is 8.19. The fourth-order valence-corrected chi connectivity index (χ4v) is 2.70. The zero-order chi connectivity index (χ0) is 40.7. The summed E-state index contributed by atoms with van der Waals surface area (Å²) in [5.74, 6) is 1.57. The SMILES string of the molecule is CC(C)(C)C(C)(C)C.CC(C)(C)C1CC1.CC(C)(C)c1ccc(Cl)cn1.CC(C)(C)c1ccc(F)cn1.CC(C)C(C)(C)C.CCC(C)(C)C. The molecule has 3 rings (SSSR count). The summed E-state index contributed by atoms with van der Waals surface area (Å²) in [7, 11) is 0. The summed E-state index contributed by atoms with van der Waals surface area (Å²) in [6, 6.07) is 6.99. The predicted octanol–water partition coefficient (Wildman–Crippen LogP) is 16.2. The normalized spacial score (nSPS) is 13.8. The van der Waals surface area contributed by atoms with Gasteiger partial charge >= 0.3 is 0 Å². The van der Waals surface area contributed by atoms with Crippen molar-refractivity contribution >= 4 is 11.6 Å². The molecule has 1 saturated carbocycles. The summed E-state index contributed by atoms with van der Waals surface area (Å²) in [6.07, 6.45) is 7.16. The van der Waals surface area contributed by atoms with E-state index < -0.39 is 0 Å². The molecule has 0 atom stereocenters. The number of hydrogen-bond donors (Lipinski definition) is 0. The minimum absolute atomic E-state index is 0.00764. The third kappa shape index (κ3) is 29.1. The highest BCUT2D eigenvalue weighted by Crippen LogP contribution is 2.44. The van der Waals surface area contributed by atoms with Gasteiger partial charge in [-0.3, -0.25) is 9.97 Å². The molecule has 1 aliphatic carbocycles. The first kappa shape index (κ1) is 52.9. The van der Waals surface area contributed by atoms with E-state index in [2.05, 4.69) is 155 Å². The van der Waals surface area contributed by atoms with Crippen LogP contribution in [-0.2, 0) is 10.8 Å². The lowest BCUT2D eigenvalue weighted by atomic mass is 9.71. The van der Waals surface area contributed by atoms with Crippen molar-refractivity contribution in [3.63, 3.8) is 0 Å². The second-order valence-electron chi connectivity index (χ2n) is 21.8. The van der Waals surface area contributed by atoms with Gasteiger partial charge in [0.2, 0.25) is 0 Å². The van der Waals surface area contributed by atoms with Crippen LogP contribution >= 0.6 is 11.6 Å². The van der Waals surface area contributed by atoms with E-state index in [-0.39, 0.29) is 16.6 Å². The minimum atomic E-state index is -0.280. The first-order valence-electron chi connectivity index (χ1n) is 19.1. The van der Waals surface area contributed by atoms with E-state index in [0.717, 1.165) is 23.2 Å². The van der Waals surface area contributed by atoms with E-state index in [1.54, 1.807) is 12.3 Å². The molecule has 294 valence electrons. The topological polar surface area (TPSA) is 25.8 Å². The van der Waals surface area contributed by atoms with Crippen molar-refractivity contribution in [2.24, 2.45) is 38.9 Å². The van der Waals surface area contributed by atoms with Crippen molar-refractivity contribution in [3.05, 3.63) is 58.9 Å². The zero-order valence-corrected chi connectivity index (χ0v) is 38.6. The van der Waals surface area contributed by atoms with E-state index >= 15 is 0 Å². The maximum atomic E-state index is 12.4. The van der Waals surface area contributed by atoms with E-state index in [4.69, 9.17) is 11.6 Å². The first-order valence-corrected chi connectivity index (χ1v) is 19.5. The molecule has 2 nitrogen and oxygen atoms in total. The van der Waals surface area contributed by atoms with Gasteiger partial charge in [-0.1, -0.05) is 184 Å². The lowest BCUT2D eigenvalue weighted by molar-refractivity contribution is 0.157. The van der Waals surface area contributed by atoms with Gasteiger partial charge in [-0.05, 0) is 76.0 Å². The molecule has 1 fully saturated rings. The van der Waals surface area contributed by atoms with Gasteiger partial charge in [-0.25, -0.2) is 4.39 Å². The van der Waals surface area contributed by atoms with Gasteiger partial charge < -0.3 is 0 Å². The maximum absolute atomic E-state index is 12.4. The highest BCUT2D eigenvalue weighted by atomic mass is 35.5. The lowest BCUT2D eigenvalue weighted by Gasteiger charge is -2.34. The Bertz CT molecular complexity index is 1050. The van der Waals surface area contributed by atoms with Crippen molar-refractivity contribution < 1.29 is 4.39 Å². The molecule has 0 bridgehead atoms. The number of aromatic nitrogens is 2. The largest absolute Gasteiger partial charge is 0.259 e. The van der Waals surface area contributed by atoms with Crippen LogP contribution in [0.5, 0.6) is 0 Å². The van der Waals surface area contributed by atoms with Crippen molar-refractivity contribution in [1.82, 2.24) is 9.97 Å². The Balaban J connectivity index is -0.000000539. The lowest BCUT2D eigenvalue weighted by Crippen LogP contribution is -2.25. The summed E-state index contributed by atoms with van der Waals surface area (Å²) in [5, 5.41) is 0.693. The highest BCUT2D eigenvalue weighted by molar-refractivity contribution is 6.30. The monoisotopic (exact) mass is 721 g/mol. The number of nitrogens with zero attached hydrogens (tertiary/aromatic N) is 2. The first-order chi connectivity index (χ1) is 21.9. The van der Waals surface area contributed by atoms with Gasteiger partial charge in [0.1, 0.15) is 5.82 Å². The molecule has 1 aliphatic rings. The number of halogens is 2. The van der Waals surface area contributed by atoms with Crippen molar-refractivity contribution in [2.75, 3.05) is 0 Å². The second kappa shape index (κ2) is 21.3. The van der Waals surface area contributed by atoms with Gasteiger partial charge in [0, 0.05) is 28.4 Å². The molecule has 0 spiro atoms. The van der Waals surface area contributed by atoms with Crippen LogP contribution in [0.15, 0.2) is 36.7 Å². The Kier molecular flexibility index (Phi) is 22.5. The van der Waals surface area contributed by atoms with Crippen LogP contribution < -0.4 is 0 Å². The molecule has 2 heterocycles. The van der Waals surface area contributed by atoms with Crippen LogP contribution in [0.2, 0.25) is 5.02 Å². The molecule has 2 aromatic rings. The van der Waals surface area contributed by atoms with E-state index in [1.807, 2.05) is 32.9 Å². The second-order valence-corrected chi connectivity index (χ2v) is 22.2. The third-order valence-electron chi connectivity index (χ3n) is 9.84. The number of hydrogen-bond acceptors (Lipinski definition) is 2. The van der Waals surface area contributed by atoms with Crippen LogP contribution in [0.3, 0.4) is 0 Å². The molecule has 0 aliphatic heterocycles. The molecule has 0 amide bonds.